The van der Waals surface area contributed by atoms with Crippen LogP contribution in [0.1, 0.15) is 12.8 Å². The second-order valence-corrected chi connectivity index (χ2v) is 6.17. The molecule has 0 aliphatic heterocycles. The van der Waals surface area contributed by atoms with Gasteiger partial charge in [0, 0.05) is 11.6 Å². The summed E-state index contributed by atoms with van der Waals surface area (Å²) in [7, 11) is 0. The topological polar surface area (TPSA) is 71.1 Å². The van der Waals surface area contributed by atoms with Gasteiger partial charge in [0.15, 0.2) is 0 Å². The van der Waals surface area contributed by atoms with Crippen molar-refractivity contribution in [1.82, 2.24) is 10.3 Å². The predicted octanol–water partition coefficient (Wildman–Crippen LogP) is 3.12. The fraction of sp³-hybridized carbons (Fsp3) is 0.150. The van der Waals surface area contributed by atoms with Gasteiger partial charge in [-0.15, -0.1) is 0 Å². The van der Waals surface area contributed by atoms with Gasteiger partial charge >= 0.3 is 11.8 Å². The molecule has 0 radical (unpaired) electrons. The number of nitrogens with zero attached hydrogens (tertiary/aromatic N) is 1. The van der Waals surface area contributed by atoms with Gasteiger partial charge in [0.25, 0.3) is 0 Å². The highest BCUT2D eigenvalue weighted by atomic mass is 16.2. The molecule has 0 atom stereocenters. The smallest absolute Gasteiger partial charge is 0.314 e. The molecule has 0 spiro atoms. The van der Waals surface area contributed by atoms with E-state index in [1.54, 1.807) is 6.07 Å². The number of amides is 2. The quantitative estimate of drug-likeness (QED) is 0.724. The summed E-state index contributed by atoms with van der Waals surface area (Å²) in [6.45, 7) is 0. The van der Waals surface area contributed by atoms with Crippen LogP contribution in [0.4, 0.5) is 5.82 Å². The van der Waals surface area contributed by atoms with Crippen LogP contribution in [0.15, 0.2) is 60.7 Å². The molecule has 25 heavy (non-hydrogen) atoms. The molecular formula is C20H17N3O2. The Hall–Kier alpha value is -3.21. The molecule has 0 unspecified atom stereocenters. The van der Waals surface area contributed by atoms with Gasteiger partial charge in [0.2, 0.25) is 0 Å². The van der Waals surface area contributed by atoms with E-state index in [1.807, 2.05) is 42.5 Å². The van der Waals surface area contributed by atoms with Gasteiger partial charge in [-0.2, -0.15) is 0 Å². The van der Waals surface area contributed by atoms with Gasteiger partial charge in [-0.05, 0) is 41.8 Å². The van der Waals surface area contributed by atoms with E-state index in [1.165, 1.54) is 0 Å². The molecule has 5 nitrogen and oxygen atoms in total. The van der Waals surface area contributed by atoms with Crippen LogP contribution in [-0.4, -0.2) is 22.8 Å². The number of anilines is 1. The maximum atomic E-state index is 11.9. The number of benzene rings is 2. The van der Waals surface area contributed by atoms with Crippen molar-refractivity contribution in [1.29, 1.82) is 0 Å². The number of hydrogen-bond acceptors (Lipinski definition) is 3. The summed E-state index contributed by atoms with van der Waals surface area (Å²) in [5.41, 5.74) is 1.70. The summed E-state index contributed by atoms with van der Waals surface area (Å²) in [5, 5.41) is 7.51. The van der Waals surface area contributed by atoms with Crippen molar-refractivity contribution in [2.75, 3.05) is 5.32 Å². The average molecular weight is 331 g/mol. The first-order valence-electron chi connectivity index (χ1n) is 8.27. The van der Waals surface area contributed by atoms with Crippen LogP contribution in [0.5, 0.6) is 0 Å². The zero-order valence-electron chi connectivity index (χ0n) is 13.5. The summed E-state index contributed by atoms with van der Waals surface area (Å²) in [5.74, 6) is -0.933. The van der Waals surface area contributed by atoms with E-state index >= 15 is 0 Å². The van der Waals surface area contributed by atoms with Gasteiger partial charge in [0.1, 0.15) is 5.82 Å². The summed E-state index contributed by atoms with van der Waals surface area (Å²) in [6, 6.07) is 19.7. The highest BCUT2D eigenvalue weighted by Crippen LogP contribution is 2.24. The van der Waals surface area contributed by atoms with Gasteiger partial charge in [-0.25, -0.2) is 4.98 Å². The maximum Gasteiger partial charge on any atom is 0.314 e. The maximum absolute atomic E-state index is 11.9. The Labute approximate surface area is 145 Å². The Balaban J connectivity index is 1.55. The van der Waals surface area contributed by atoms with Crippen molar-refractivity contribution in [2.24, 2.45) is 0 Å². The second kappa shape index (κ2) is 6.36. The van der Waals surface area contributed by atoms with Crippen LogP contribution < -0.4 is 10.6 Å². The molecule has 0 bridgehead atoms. The van der Waals surface area contributed by atoms with E-state index in [9.17, 15) is 9.59 Å². The largest absolute Gasteiger partial charge is 0.345 e. The number of rotatable bonds is 3. The average Bonchev–Trinajstić information content (AvgIpc) is 3.45. The Morgan fingerprint density at radius 2 is 1.68 bits per heavy atom. The number of aromatic nitrogens is 1. The summed E-state index contributed by atoms with van der Waals surface area (Å²) < 4.78 is 0. The summed E-state index contributed by atoms with van der Waals surface area (Å²) in [6.07, 6.45) is 1.88. The first-order chi connectivity index (χ1) is 12.2. The highest BCUT2D eigenvalue weighted by molar-refractivity contribution is 6.39. The number of carbonyl (C=O) groups excluding carboxylic acids is 2. The molecule has 1 aliphatic rings. The van der Waals surface area contributed by atoms with Crippen LogP contribution in [0.2, 0.25) is 0 Å². The van der Waals surface area contributed by atoms with Crippen molar-refractivity contribution in [3.05, 3.63) is 60.7 Å². The third-order valence-corrected chi connectivity index (χ3v) is 4.15. The molecule has 124 valence electrons. The normalized spacial score (nSPS) is 13.4. The molecule has 5 heteroatoms. The first kappa shape index (κ1) is 15.3. The van der Waals surface area contributed by atoms with Gasteiger partial charge in [0.05, 0.1) is 5.69 Å². The second-order valence-electron chi connectivity index (χ2n) is 6.17. The summed E-state index contributed by atoms with van der Waals surface area (Å²) >= 11 is 0. The minimum atomic E-state index is -0.685. The lowest BCUT2D eigenvalue weighted by atomic mass is 10.0. The van der Waals surface area contributed by atoms with Crippen LogP contribution in [0, 0.1) is 0 Å². The Kier molecular flexibility index (Phi) is 3.90. The molecule has 0 saturated heterocycles. The Morgan fingerprint density at radius 1 is 0.880 bits per heavy atom. The van der Waals surface area contributed by atoms with Crippen molar-refractivity contribution in [3.63, 3.8) is 0 Å². The minimum Gasteiger partial charge on any atom is -0.345 e. The molecule has 4 rings (SSSR count). The zero-order chi connectivity index (χ0) is 17.2. The molecule has 1 saturated carbocycles. The number of fused-ring (bicyclic) bond motifs is 1. The minimum absolute atomic E-state index is 0.148. The Bertz CT molecular complexity index is 964. The third-order valence-electron chi connectivity index (χ3n) is 4.15. The molecular weight excluding hydrogens is 314 g/mol. The van der Waals surface area contributed by atoms with Crippen LogP contribution in [0.3, 0.4) is 0 Å². The van der Waals surface area contributed by atoms with E-state index < -0.39 is 11.8 Å². The number of hydrogen-bond donors (Lipinski definition) is 2. The molecule has 1 fully saturated rings. The van der Waals surface area contributed by atoms with Crippen LogP contribution in [-0.2, 0) is 9.59 Å². The fourth-order valence-corrected chi connectivity index (χ4v) is 2.67. The van der Waals surface area contributed by atoms with Gasteiger partial charge < -0.3 is 10.6 Å². The van der Waals surface area contributed by atoms with E-state index in [2.05, 4.69) is 27.8 Å². The standard InChI is InChI=1S/C20H17N3O2/c24-19(21-16-10-11-16)20(25)23-18-7-3-6-17(22-18)15-9-8-13-4-1-2-5-14(13)12-15/h1-9,12,16H,10-11H2,(H,21,24)(H,22,23,25). The van der Waals surface area contributed by atoms with Gasteiger partial charge in [-0.3, -0.25) is 9.59 Å². The number of nitrogens with one attached hydrogen (secondary N) is 2. The van der Waals surface area contributed by atoms with Crippen molar-refractivity contribution in [3.8, 4) is 11.3 Å². The fourth-order valence-electron chi connectivity index (χ4n) is 2.67. The monoisotopic (exact) mass is 331 g/mol. The van der Waals surface area contributed by atoms with Crippen molar-refractivity contribution >= 4 is 28.4 Å². The number of carbonyl (C=O) groups is 2. The predicted molar refractivity (Wildman–Crippen MR) is 97.0 cm³/mol. The SMILES string of the molecule is O=C(Nc1cccc(-c2ccc3ccccc3c2)n1)C(=O)NC1CC1. The molecule has 2 N–H and O–H groups in total. The van der Waals surface area contributed by atoms with E-state index in [0.29, 0.717) is 5.82 Å². The molecule has 1 heterocycles. The summed E-state index contributed by atoms with van der Waals surface area (Å²) in [4.78, 5) is 28.1. The lowest BCUT2D eigenvalue weighted by molar-refractivity contribution is -0.136. The van der Waals surface area contributed by atoms with Crippen molar-refractivity contribution < 1.29 is 9.59 Å². The van der Waals surface area contributed by atoms with E-state index in [4.69, 9.17) is 0 Å². The molecule has 1 aromatic heterocycles. The Morgan fingerprint density at radius 3 is 2.48 bits per heavy atom. The molecule has 2 aromatic carbocycles. The van der Waals surface area contributed by atoms with Crippen molar-refractivity contribution in [2.45, 2.75) is 18.9 Å². The van der Waals surface area contributed by atoms with E-state index in [-0.39, 0.29) is 6.04 Å². The molecule has 2 amide bonds. The lowest BCUT2D eigenvalue weighted by Gasteiger charge is -2.08. The van der Waals surface area contributed by atoms with Crippen LogP contribution >= 0.6 is 0 Å². The van der Waals surface area contributed by atoms with E-state index in [0.717, 1.165) is 34.9 Å². The first-order valence-corrected chi connectivity index (χ1v) is 8.27. The molecule has 3 aromatic rings. The lowest BCUT2D eigenvalue weighted by Crippen LogP contribution is -2.36. The van der Waals surface area contributed by atoms with Gasteiger partial charge in [-0.1, -0.05) is 42.5 Å². The third kappa shape index (κ3) is 3.50. The molecule has 1 aliphatic carbocycles. The van der Waals surface area contributed by atoms with Crippen LogP contribution in [0.25, 0.3) is 22.0 Å². The number of pyridine rings is 1. The zero-order valence-corrected chi connectivity index (χ0v) is 13.5. The highest BCUT2D eigenvalue weighted by Gasteiger charge is 2.26.